The fourth-order valence-electron chi connectivity index (χ4n) is 4.31. The van der Waals surface area contributed by atoms with Gasteiger partial charge in [0, 0.05) is 18.0 Å². The molecule has 1 aliphatic carbocycles. The molecule has 0 amide bonds. The van der Waals surface area contributed by atoms with Gasteiger partial charge in [0.05, 0.1) is 31.5 Å². The summed E-state index contributed by atoms with van der Waals surface area (Å²) in [6.07, 6.45) is -11.4. The molecule has 3 rings (SSSR count). The summed E-state index contributed by atoms with van der Waals surface area (Å²) < 4.78 is 22.8. The van der Waals surface area contributed by atoms with E-state index in [4.69, 9.17) is 36.1 Å². The van der Waals surface area contributed by atoms with Crippen molar-refractivity contribution in [2.45, 2.75) is 92.9 Å². The van der Waals surface area contributed by atoms with Gasteiger partial charge in [-0.2, -0.15) is 0 Å². The number of aliphatic hydroxyl groups excluding tert-OH is 6. The van der Waals surface area contributed by atoms with Crippen molar-refractivity contribution in [2.24, 2.45) is 23.1 Å². The fourth-order valence-corrected chi connectivity index (χ4v) is 4.31. The van der Waals surface area contributed by atoms with E-state index in [0.717, 1.165) is 0 Å². The Morgan fingerprint density at radius 3 is 1.90 bits per heavy atom. The van der Waals surface area contributed by atoms with Crippen LogP contribution in [0, 0.1) is 5.92 Å². The normalized spacial score (nSPS) is 53.6. The zero-order valence-corrected chi connectivity index (χ0v) is 17.3. The lowest BCUT2D eigenvalue weighted by atomic mass is 9.84. The van der Waals surface area contributed by atoms with Gasteiger partial charge in [0.1, 0.15) is 36.6 Å². The van der Waals surface area contributed by atoms with E-state index >= 15 is 0 Å². The summed E-state index contributed by atoms with van der Waals surface area (Å²) in [5, 5.41) is 60.0. The molecule has 14 unspecified atom stereocenters. The third kappa shape index (κ3) is 4.89. The Kier molecular flexibility index (Phi) is 8.24. The van der Waals surface area contributed by atoms with Crippen LogP contribution in [-0.2, 0) is 18.9 Å². The van der Waals surface area contributed by atoms with Crippen molar-refractivity contribution in [1.82, 2.24) is 0 Å². The Balaban J connectivity index is 1.78. The number of aliphatic hydroxyl groups is 6. The highest BCUT2D eigenvalue weighted by Crippen LogP contribution is 2.33. The zero-order chi connectivity index (χ0) is 23.0. The van der Waals surface area contributed by atoms with Gasteiger partial charge in [-0.05, 0) is 6.42 Å². The van der Waals surface area contributed by atoms with E-state index in [2.05, 4.69) is 0 Å². The SMILES string of the molecule is CC1C(CO)OC(OC2C(O)C(N)CC(N)C2OC2OC(CO)C(O)C(O)C2N)C1O. The predicted octanol–water partition coefficient (Wildman–Crippen LogP) is -5.34. The third-order valence-corrected chi connectivity index (χ3v) is 6.47. The molecule has 0 aromatic carbocycles. The molecule has 0 aromatic heterocycles. The van der Waals surface area contributed by atoms with Crippen molar-refractivity contribution < 1.29 is 49.6 Å². The van der Waals surface area contributed by atoms with Gasteiger partial charge >= 0.3 is 0 Å². The second-order valence-corrected chi connectivity index (χ2v) is 8.61. The van der Waals surface area contributed by atoms with Crippen molar-refractivity contribution >= 4 is 0 Å². The number of ether oxygens (including phenoxy) is 4. The van der Waals surface area contributed by atoms with Crippen LogP contribution in [0.1, 0.15) is 13.3 Å². The van der Waals surface area contributed by atoms with E-state index in [1.54, 1.807) is 6.92 Å². The highest BCUT2D eigenvalue weighted by molar-refractivity contribution is 5.01. The molecular weight excluding hydrogens is 418 g/mol. The molecule has 2 heterocycles. The largest absolute Gasteiger partial charge is 0.394 e. The molecule has 0 radical (unpaired) electrons. The molecule has 0 aromatic rings. The molecule has 13 nitrogen and oxygen atoms in total. The Hall–Kier alpha value is -0.520. The van der Waals surface area contributed by atoms with Gasteiger partial charge < -0.3 is 66.8 Å². The monoisotopic (exact) mass is 453 g/mol. The molecule has 1 saturated carbocycles. The van der Waals surface area contributed by atoms with Crippen LogP contribution in [0.3, 0.4) is 0 Å². The van der Waals surface area contributed by atoms with E-state index in [9.17, 15) is 30.6 Å². The second kappa shape index (κ2) is 10.2. The first-order valence-electron chi connectivity index (χ1n) is 10.4. The van der Waals surface area contributed by atoms with Crippen LogP contribution in [0.15, 0.2) is 0 Å². The predicted molar refractivity (Wildman–Crippen MR) is 103 cm³/mol. The minimum absolute atomic E-state index is 0.173. The number of rotatable bonds is 6. The summed E-state index contributed by atoms with van der Waals surface area (Å²) in [4.78, 5) is 0. The maximum absolute atomic E-state index is 10.7. The van der Waals surface area contributed by atoms with Gasteiger partial charge in [-0.3, -0.25) is 0 Å². The maximum Gasteiger partial charge on any atom is 0.184 e. The van der Waals surface area contributed by atoms with Crippen LogP contribution in [0.2, 0.25) is 0 Å². The van der Waals surface area contributed by atoms with Crippen molar-refractivity contribution in [1.29, 1.82) is 0 Å². The summed E-state index contributed by atoms with van der Waals surface area (Å²) >= 11 is 0. The molecule has 13 heteroatoms. The first-order valence-corrected chi connectivity index (χ1v) is 10.4. The summed E-state index contributed by atoms with van der Waals surface area (Å²) in [5.41, 5.74) is 18.1. The Labute approximate surface area is 179 Å². The molecular formula is C18H35N3O10. The molecule has 14 atom stereocenters. The minimum atomic E-state index is -1.44. The molecule has 3 aliphatic rings. The van der Waals surface area contributed by atoms with E-state index in [1.807, 2.05) is 0 Å². The smallest absolute Gasteiger partial charge is 0.184 e. The topological polar surface area (TPSA) is 236 Å². The molecule has 3 fully saturated rings. The summed E-state index contributed by atoms with van der Waals surface area (Å²) in [5.74, 6) is -0.422. The van der Waals surface area contributed by atoms with E-state index in [0.29, 0.717) is 0 Å². The highest BCUT2D eigenvalue weighted by atomic mass is 16.7. The lowest BCUT2D eigenvalue weighted by Gasteiger charge is -2.47. The molecule has 2 saturated heterocycles. The van der Waals surface area contributed by atoms with Crippen LogP contribution in [0.5, 0.6) is 0 Å². The average molecular weight is 453 g/mol. The van der Waals surface area contributed by atoms with Gasteiger partial charge in [0.2, 0.25) is 0 Å². The Morgan fingerprint density at radius 2 is 1.32 bits per heavy atom. The van der Waals surface area contributed by atoms with Gasteiger partial charge in [0.15, 0.2) is 12.6 Å². The Morgan fingerprint density at radius 1 is 0.742 bits per heavy atom. The van der Waals surface area contributed by atoms with Gasteiger partial charge in [0.25, 0.3) is 0 Å². The van der Waals surface area contributed by atoms with E-state index in [1.165, 1.54) is 0 Å². The first kappa shape index (κ1) is 25.1. The van der Waals surface area contributed by atoms with Crippen molar-refractivity contribution in [2.75, 3.05) is 13.2 Å². The van der Waals surface area contributed by atoms with E-state index < -0.39 is 92.1 Å². The molecule has 12 N–H and O–H groups in total. The lowest BCUT2D eigenvalue weighted by molar-refractivity contribution is -0.310. The fraction of sp³-hybridized carbons (Fsp3) is 1.00. The van der Waals surface area contributed by atoms with Crippen LogP contribution >= 0.6 is 0 Å². The standard InChI is InChI=1S/C18H35N3O10/c1-5-8(3-22)28-18(11(5)24)31-16-12(25)6(19)2-7(20)15(16)30-17-10(21)14(27)13(26)9(4-23)29-17/h5-18,22-27H,2-4,19-21H2,1H3. The summed E-state index contributed by atoms with van der Waals surface area (Å²) in [6, 6.07) is -2.66. The number of hydrogen-bond acceptors (Lipinski definition) is 13. The molecule has 0 bridgehead atoms. The van der Waals surface area contributed by atoms with Crippen LogP contribution in [-0.4, -0.2) is 123 Å². The highest BCUT2D eigenvalue weighted by Gasteiger charge is 2.51. The van der Waals surface area contributed by atoms with E-state index in [-0.39, 0.29) is 13.0 Å². The number of hydrogen-bond donors (Lipinski definition) is 9. The number of nitrogens with two attached hydrogens (primary N) is 3. The van der Waals surface area contributed by atoms with Gasteiger partial charge in [-0.1, -0.05) is 6.92 Å². The maximum atomic E-state index is 10.7. The Bertz CT molecular complexity index is 589. The molecule has 182 valence electrons. The van der Waals surface area contributed by atoms with Crippen molar-refractivity contribution in [3.8, 4) is 0 Å². The van der Waals surface area contributed by atoms with Crippen molar-refractivity contribution in [3.05, 3.63) is 0 Å². The zero-order valence-electron chi connectivity index (χ0n) is 17.3. The van der Waals surface area contributed by atoms with Gasteiger partial charge in [-0.15, -0.1) is 0 Å². The van der Waals surface area contributed by atoms with Crippen LogP contribution in [0.25, 0.3) is 0 Å². The van der Waals surface area contributed by atoms with Crippen LogP contribution < -0.4 is 17.2 Å². The molecule has 2 aliphatic heterocycles. The second-order valence-electron chi connectivity index (χ2n) is 8.61. The molecule has 31 heavy (non-hydrogen) atoms. The van der Waals surface area contributed by atoms with Crippen molar-refractivity contribution in [3.63, 3.8) is 0 Å². The third-order valence-electron chi connectivity index (χ3n) is 6.47. The van der Waals surface area contributed by atoms with Gasteiger partial charge in [-0.25, -0.2) is 0 Å². The summed E-state index contributed by atoms with van der Waals surface area (Å²) in [7, 11) is 0. The quantitative estimate of drug-likeness (QED) is 0.183. The summed E-state index contributed by atoms with van der Waals surface area (Å²) in [6.45, 7) is 0.781. The average Bonchev–Trinajstić information content (AvgIpc) is 3.02. The van der Waals surface area contributed by atoms with Crippen LogP contribution in [0.4, 0.5) is 0 Å². The molecule has 0 spiro atoms. The minimum Gasteiger partial charge on any atom is -0.394 e. The lowest BCUT2D eigenvalue weighted by Crippen LogP contribution is -2.68. The first-order chi connectivity index (χ1) is 14.6.